The summed E-state index contributed by atoms with van der Waals surface area (Å²) in [7, 11) is 1.71. The van der Waals surface area contributed by atoms with Crippen molar-refractivity contribution in [1.29, 1.82) is 0 Å². The maximum atomic E-state index is 14.5. The number of aromatic nitrogens is 3. The molecule has 8 nitrogen and oxygen atoms in total. The number of pyridine rings is 1. The average Bonchev–Trinajstić information content (AvgIpc) is 3.39. The lowest BCUT2D eigenvalue weighted by atomic mass is 9.95. The molecule has 0 radical (unpaired) electrons. The number of rotatable bonds is 10. The summed E-state index contributed by atoms with van der Waals surface area (Å²) in [5, 5.41) is 9.12. The van der Waals surface area contributed by atoms with Crippen LogP contribution in [0, 0.1) is 0 Å². The van der Waals surface area contributed by atoms with Gasteiger partial charge in [0.1, 0.15) is 4.60 Å². The smallest absolute Gasteiger partial charge is 0.416 e. The van der Waals surface area contributed by atoms with Gasteiger partial charge >= 0.3 is 12.4 Å². The lowest BCUT2D eigenvalue weighted by Crippen LogP contribution is -2.45. The van der Waals surface area contributed by atoms with Gasteiger partial charge in [0.2, 0.25) is 12.0 Å². The molecule has 0 fully saturated rings. The number of halogens is 7. The van der Waals surface area contributed by atoms with Gasteiger partial charge < -0.3 is 19.2 Å². The fraction of sp³-hybridized carbons (Fsp3) is 0.481. The fourth-order valence-electron chi connectivity index (χ4n) is 3.38. The molecule has 232 valence electrons. The summed E-state index contributed by atoms with van der Waals surface area (Å²) >= 11 is 2.68. The van der Waals surface area contributed by atoms with Crippen molar-refractivity contribution in [2.45, 2.75) is 70.0 Å². The van der Waals surface area contributed by atoms with E-state index in [1.807, 2.05) is 26.1 Å². The third-order valence-electron chi connectivity index (χ3n) is 5.80. The second kappa shape index (κ2) is 14.4. The summed E-state index contributed by atoms with van der Waals surface area (Å²) in [6, 6.07) is 0.539. The highest BCUT2D eigenvalue weighted by Gasteiger charge is 2.61. The summed E-state index contributed by atoms with van der Waals surface area (Å²) < 4.78 is 98.1. The maximum absolute atomic E-state index is 14.5. The number of anilines is 1. The van der Waals surface area contributed by atoms with Crippen molar-refractivity contribution >= 4 is 28.0 Å². The minimum Gasteiger partial charge on any atom is -0.416 e. The van der Waals surface area contributed by atoms with Crippen LogP contribution in [-0.4, -0.2) is 47.1 Å². The Labute approximate surface area is 247 Å². The summed E-state index contributed by atoms with van der Waals surface area (Å²) in [6.07, 6.45) is -2.70. The van der Waals surface area contributed by atoms with Crippen LogP contribution < -0.4 is 5.32 Å². The Bertz CT molecular complexity index is 1280. The lowest BCUT2D eigenvalue weighted by Gasteiger charge is -2.32. The quantitative estimate of drug-likeness (QED) is 0.119. The van der Waals surface area contributed by atoms with Crippen LogP contribution in [0.3, 0.4) is 0 Å². The molecule has 15 heteroatoms. The molecule has 0 spiro atoms. The zero-order valence-corrected chi connectivity index (χ0v) is 24.9. The Kier molecular flexibility index (Phi) is 12.1. The molecule has 1 unspecified atom stereocenters. The highest BCUT2D eigenvalue weighted by atomic mass is 79.9. The van der Waals surface area contributed by atoms with Crippen LogP contribution in [0.25, 0.3) is 11.6 Å². The number of allylic oxidation sites excluding steroid dienone is 3. The number of ether oxygens (including phenoxy) is 2. The van der Waals surface area contributed by atoms with Crippen LogP contribution in [0.5, 0.6) is 0 Å². The fourth-order valence-corrected chi connectivity index (χ4v) is 3.90. The van der Waals surface area contributed by atoms with Crippen LogP contribution in [0.4, 0.5) is 32.0 Å². The summed E-state index contributed by atoms with van der Waals surface area (Å²) in [4.78, 5) is 14.7. The molecule has 0 saturated heterocycles. The number of hydrogen-bond acceptors (Lipinski definition) is 7. The lowest BCUT2D eigenvalue weighted by molar-refractivity contribution is -0.292. The van der Waals surface area contributed by atoms with E-state index in [2.05, 4.69) is 37.7 Å². The van der Waals surface area contributed by atoms with Crippen molar-refractivity contribution in [2.24, 2.45) is 0 Å². The van der Waals surface area contributed by atoms with Gasteiger partial charge in [-0.3, -0.25) is 4.79 Å². The molecule has 0 bridgehead atoms. The zero-order chi connectivity index (χ0) is 31.8. The van der Waals surface area contributed by atoms with Gasteiger partial charge in [-0.25, -0.2) is 4.98 Å². The molecule has 2 heterocycles. The maximum Gasteiger partial charge on any atom is 0.426 e. The first-order chi connectivity index (χ1) is 19.5. The van der Waals surface area contributed by atoms with Crippen molar-refractivity contribution in [2.75, 3.05) is 19.0 Å². The standard InChI is InChI=1S/C22H19BrF6N4O3.C5H12O/c1-2-3-9-20(22(27,28)29,35-11-13-7-5-4-6-8-13)19-33-32-18(36-19)16-15(30-12-34)10-14(17(23)31-16)21(24,25)26;1-5(2,3)6-4/h2,5,7-8,10,12H,1,3-4,6,9,11H2,(H,30,34);1-4H3. The van der Waals surface area contributed by atoms with Gasteiger partial charge in [0.05, 0.1) is 23.5 Å². The van der Waals surface area contributed by atoms with Crippen molar-refractivity contribution in [3.05, 3.63) is 58.6 Å². The summed E-state index contributed by atoms with van der Waals surface area (Å²) in [5.41, 5.74) is -4.68. The Hall–Kier alpha value is -3.04. The zero-order valence-electron chi connectivity index (χ0n) is 23.3. The Morgan fingerprint density at radius 2 is 1.81 bits per heavy atom. The highest BCUT2D eigenvalue weighted by Crippen LogP contribution is 2.47. The van der Waals surface area contributed by atoms with Crippen LogP contribution in [0.1, 0.15) is 57.9 Å². The van der Waals surface area contributed by atoms with E-state index in [0.29, 0.717) is 18.1 Å². The molecule has 1 atom stereocenters. The van der Waals surface area contributed by atoms with Crippen molar-refractivity contribution < 1.29 is 45.0 Å². The van der Waals surface area contributed by atoms with E-state index in [1.54, 1.807) is 25.3 Å². The van der Waals surface area contributed by atoms with Crippen LogP contribution >= 0.6 is 15.9 Å². The van der Waals surface area contributed by atoms with E-state index >= 15 is 0 Å². The van der Waals surface area contributed by atoms with Crippen molar-refractivity contribution in [1.82, 2.24) is 15.2 Å². The molecule has 2 aromatic rings. The molecular weight excluding hydrogens is 638 g/mol. The predicted octanol–water partition coefficient (Wildman–Crippen LogP) is 7.93. The van der Waals surface area contributed by atoms with Gasteiger partial charge in [-0.2, -0.15) is 26.3 Å². The number of methoxy groups -OCH3 is 1. The third kappa shape index (κ3) is 9.23. The van der Waals surface area contributed by atoms with Crippen LogP contribution in [-0.2, 0) is 26.0 Å². The SMILES string of the molecule is C=CCCC(OCC1=CCCC=C1)(c1nnc(-c2nc(Br)c(C(F)(F)F)cc2NC=O)o1)C(F)(F)F.COC(C)(C)C. The third-order valence-corrected chi connectivity index (χ3v) is 6.40. The molecule has 1 amide bonds. The van der Waals surface area contributed by atoms with E-state index in [9.17, 15) is 31.1 Å². The first kappa shape index (κ1) is 35.2. The van der Waals surface area contributed by atoms with Gasteiger partial charge in [-0.1, -0.05) is 24.3 Å². The van der Waals surface area contributed by atoms with Gasteiger partial charge in [0.15, 0.2) is 5.69 Å². The second-order valence-electron chi connectivity index (χ2n) is 9.91. The Morgan fingerprint density at radius 1 is 1.14 bits per heavy atom. The van der Waals surface area contributed by atoms with Gasteiger partial charge in [0.25, 0.3) is 11.8 Å². The Morgan fingerprint density at radius 3 is 2.31 bits per heavy atom. The number of nitrogens with zero attached hydrogens (tertiary/aromatic N) is 3. The molecule has 1 aliphatic rings. The average molecular weight is 669 g/mol. The Balaban J connectivity index is 0.000000928. The number of carbonyl (C=O) groups excluding carboxylic acids is 1. The predicted molar refractivity (Wildman–Crippen MR) is 146 cm³/mol. The topological polar surface area (TPSA) is 99.4 Å². The van der Waals surface area contributed by atoms with Gasteiger partial charge in [0, 0.05) is 7.11 Å². The van der Waals surface area contributed by atoms with E-state index in [1.165, 1.54) is 6.08 Å². The first-order valence-corrected chi connectivity index (χ1v) is 13.3. The number of alkyl halides is 6. The van der Waals surface area contributed by atoms with Gasteiger partial charge in [-0.05, 0) is 74.0 Å². The minimum absolute atomic E-state index is 0.0417. The monoisotopic (exact) mass is 668 g/mol. The second-order valence-corrected chi connectivity index (χ2v) is 10.7. The van der Waals surface area contributed by atoms with E-state index < -0.39 is 64.3 Å². The molecule has 1 N–H and O–H groups in total. The molecule has 0 aliphatic heterocycles. The van der Waals surface area contributed by atoms with E-state index in [4.69, 9.17) is 13.9 Å². The largest absolute Gasteiger partial charge is 0.426 e. The molecule has 3 rings (SSSR count). The molecular formula is C27H31BrF6N4O4. The molecule has 2 aromatic heterocycles. The number of amides is 1. The molecule has 0 saturated carbocycles. The summed E-state index contributed by atoms with van der Waals surface area (Å²) in [5.74, 6) is -1.63. The van der Waals surface area contributed by atoms with Crippen LogP contribution in [0.15, 0.2) is 51.5 Å². The number of carbonyl (C=O) groups is 1. The number of nitrogens with one attached hydrogen (secondary N) is 1. The molecule has 42 heavy (non-hydrogen) atoms. The van der Waals surface area contributed by atoms with Gasteiger partial charge in [-0.15, -0.1) is 16.8 Å². The molecule has 0 aromatic carbocycles. The minimum atomic E-state index is -5.02. The highest BCUT2D eigenvalue weighted by molar-refractivity contribution is 9.10. The summed E-state index contributed by atoms with van der Waals surface area (Å²) in [6.45, 7) is 9.10. The first-order valence-electron chi connectivity index (χ1n) is 12.5. The molecule has 1 aliphatic carbocycles. The van der Waals surface area contributed by atoms with E-state index in [-0.39, 0.29) is 18.4 Å². The normalized spacial score (nSPS) is 15.3. The van der Waals surface area contributed by atoms with Crippen LogP contribution in [0.2, 0.25) is 0 Å². The van der Waals surface area contributed by atoms with E-state index in [0.717, 1.165) is 6.42 Å². The van der Waals surface area contributed by atoms with Crippen molar-refractivity contribution in [3.63, 3.8) is 0 Å². The van der Waals surface area contributed by atoms with Crippen molar-refractivity contribution in [3.8, 4) is 11.6 Å². The number of hydrogen-bond donors (Lipinski definition) is 1.